The first-order valence-corrected chi connectivity index (χ1v) is 10.3. The molecule has 0 unspecified atom stereocenters. The number of rotatable bonds is 6. The van der Waals surface area contributed by atoms with Gasteiger partial charge in [0.25, 0.3) is 0 Å². The van der Waals surface area contributed by atoms with Crippen LogP contribution in [-0.4, -0.2) is 42.2 Å². The van der Waals surface area contributed by atoms with E-state index in [0.29, 0.717) is 22.3 Å². The number of tetrazole rings is 1. The van der Waals surface area contributed by atoms with Gasteiger partial charge in [-0.05, 0) is 40.8 Å². The fraction of sp³-hybridized carbons (Fsp3) is 0.167. The summed E-state index contributed by atoms with van der Waals surface area (Å²) in [5, 5.41) is 19.5. The molecule has 0 bridgehead atoms. The van der Waals surface area contributed by atoms with Crippen LogP contribution in [0.2, 0.25) is 5.02 Å². The lowest BCUT2D eigenvalue weighted by Crippen LogP contribution is -2.14. The molecule has 4 rings (SSSR count). The van der Waals surface area contributed by atoms with Crippen molar-refractivity contribution in [2.24, 2.45) is 0 Å². The molecule has 14 heteroatoms. The lowest BCUT2D eigenvalue weighted by molar-refractivity contribution is -0.137. The van der Waals surface area contributed by atoms with E-state index >= 15 is 0 Å². The van der Waals surface area contributed by atoms with Crippen LogP contribution in [0, 0.1) is 0 Å². The Morgan fingerprint density at radius 1 is 1.12 bits per heavy atom. The van der Waals surface area contributed by atoms with Crippen molar-refractivity contribution in [3.63, 3.8) is 0 Å². The summed E-state index contributed by atoms with van der Waals surface area (Å²) >= 11 is 6.86. The predicted octanol–water partition coefficient (Wildman–Crippen LogP) is 3.61. The Hall–Kier alpha value is -3.32. The van der Waals surface area contributed by atoms with Crippen molar-refractivity contribution in [3.8, 4) is 22.8 Å². The summed E-state index contributed by atoms with van der Waals surface area (Å²) in [7, 11) is 1.53. The van der Waals surface area contributed by atoms with Crippen molar-refractivity contribution >= 4 is 23.4 Å². The van der Waals surface area contributed by atoms with Crippen LogP contribution < -0.4 is 10.6 Å². The van der Waals surface area contributed by atoms with Gasteiger partial charge in [0.15, 0.2) is 11.6 Å². The minimum Gasteiger partial charge on any atom is -0.496 e. The molecule has 166 valence electrons. The molecule has 2 aromatic heterocycles. The van der Waals surface area contributed by atoms with Crippen molar-refractivity contribution in [1.29, 1.82) is 0 Å². The average molecular weight is 483 g/mol. The van der Waals surface area contributed by atoms with Gasteiger partial charge in [0.05, 0.1) is 29.7 Å². The van der Waals surface area contributed by atoms with Crippen LogP contribution in [0.4, 0.5) is 13.2 Å². The molecule has 32 heavy (non-hydrogen) atoms. The number of thioether (sulfide) groups is 1. The second-order valence-electron chi connectivity index (χ2n) is 6.33. The topological polar surface area (TPSA) is 110 Å². The summed E-state index contributed by atoms with van der Waals surface area (Å²) in [4.78, 5) is 0. The average Bonchev–Trinajstić information content (AvgIpc) is 3.38. The molecule has 9 nitrogen and oxygen atoms in total. The van der Waals surface area contributed by atoms with Gasteiger partial charge in [0.2, 0.25) is 5.16 Å². The summed E-state index contributed by atoms with van der Waals surface area (Å²) in [6.45, 7) is 0. The highest BCUT2D eigenvalue weighted by atomic mass is 35.5. The first-order chi connectivity index (χ1) is 15.3. The van der Waals surface area contributed by atoms with Crippen molar-refractivity contribution in [2.45, 2.75) is 17.1 Å². The molecular weight excluding hydrogens is 469 g/mol. The quantitative estimate of drug-likeness (QED) is 0.328. The van der Waals surface area contributed by atoms with Crippen LogP contribution in [0.5, 0.6) is 5.75 Å². The van der Waals surface area contributed by atoms with Crippen LogP contribution >= 0.6 is 23.4 Å². The predicted molar refractivity (Wildman–Crippen MR) is 111 cm³/mol. The summed E-state index contributed by atoms with van der Waals surface area (Å²) in [6.07, 6.45) is -4.64. The second kappa shape index (κ2) is 8.67. The van der Waals surface area contributed by atoms with E-state index in [-0.39, 0.29) is 22.3 Å². The van der Waals surface area contributed by atoms with E-state index < -0.39 is 11.7 Å². The fourth-order valence-electron chi connectivity index (χ4n) is 2.92. The highest BCUT2D eigenvalue weighted by molar-refractivity contribution is 7.98. The van der Waals surface area contributed by atoms with Crippen LogP contribution in [0.15, 0.2) is 47.6 Å². The number of hydrogen-bond acceptors (Lipinski definition) is 8. The van der Waals surface area contributed by atoms with Gasteiger partial charge < -0.3 is 10.6 Å². The molecule has 0 radical (unpaired) electrons. The molecule has 0 spiro atoms. The molecule has 2 heterocycles. The Morgan fingerprint density at radius 2 is 1.91 bits per heavy atom. The molecule has 0 aliphatic carbocycles. The number of ether oxygens (including phenoxy) is 1. The standard InChI is InChI=1S/C18H14ClF3N8OS/c1-31-14-5-3-2-4-11(14)16-25-26-17(29(16)23)32-9-15-24-27-28-30(15)13-7-6-10(19)8-12(13)18(20,21)22/h2-8H,9,23H2,1H3. The number of hydrogen-bond donors (Lipinski definition) is 1. The van der Waals surface area contributed by atoms with E-state index in [1.54, 1.807) is 24.3 Å². The van der Waals surface area contributed by atoms with Gasteiger partial charge in [0, 0.05) is 5.02 Å². The van der Waals surface area contributed by atoms with Gasteiger partial charge in [-0.25, -0.2) is 4.68 Å². The molecule has 0 aliphatic heterocycles. The Morgan fingerprint density at radius 3 is 2.66 bits per heavy atom. The van der Waals surface area contributed by atoms with Crippen LogP contribution in [-0.2, 0) is 11.9 Å². The Bertz CT molecular complexity index is 1260. The maximum Gasteiger partial charge on any atom is 0.418 e. The van der Waals surface area contributed by atoms with Crippen LogP contribution in [0.25, 0.3) is 17.1 Å². The Labute approximate surface area is 188 Å². The SMILES string of the molecule is COc1ccccc1-c1nnc(SCc2nnnn2-c2ccc(Cl)cc2C(F)(F)F)n1N. The molecule has 0 atom stereocenters. The van der Waals surface area contributed by atoms with Crippen molar-refractivity contribution in [1.82, 2.24) is 35.1 Å². The third-order valence-corrected chi connectivity index (χ3v) is 5.54. The van der Waals surface area contributed by atoms with E-state index in [2.05, 4.69) is 25.7 Å². The lowest BCUT2D eigenvalue weighted by Gasteiger charge is -2.13. The largest absolute Gasteiger partial charge is 0.496 e. The number of methoxy groups -OCH3 is 1. The van der Waals surface area contributed by atoms with Gasteiger partial charge in [-0.3, -0.25) is 0 Å². The van der Waals surface area contributed by atoms with Crippen LogP contribution in [0.3, 0.4) is 0 Å². The number of nitrogens with zero attached hydrogens (tertiary/aromatic N) is 7. The monoisotopic (exact) mass is 482 g/mol. The normalized spacial score (nSPS) is 11.7. The number of benzene rings is 2. The number of aromatic nitrogens is 7. The molecule has 4 aromatic rings. The maximum absolute atomic E-state index is 13.5. The number of nitrogens with two attached hydrogens (primary N) is 1. The number of alkyl halides is 3. The third kappa shape index (κ3) is 4.21. The molecular formula is C18H14ClF3N8OS. The van der Waals surface area contributed by atoms with Crippen LogP contribution in [0.1, 0.15) is 11.4 Å². The Kier molecular flexibility index (Phi) is 5.93. The van der Waals surface area contributed by atoms with E-state index in [4.69, 9.17) is 22.2 Å². The molecule has 0 aliphatic rings. The summed E-state index contributed by atoms with van der Waals surface area (Å²) in [6, 6.07) is 10.5. The summed E-state index contributed by atoms with van der Waals surface area (Å²) in [5.74, 6) is 7.30. The van der Waals surface area contributed by atoms with E-state index in [0.717, 1.165) is 22.5 Å². The third-order valence-electron chi connectivity index (χ3n) is 4.37. The second-order valence-corrected chi connectivity index (χ2v) is 7.71. The minimum absolute atomic E-state index is 0.0508. The van der Waals surface area contributed by atoms with Gasteiger partial charge in [-0.1, -0.05) is 35.5 Å². The zero-order valence-corrected chi connectivity index (χ0v) is 17.9. The van der Waals surface area contributed by atoms with Gasteiger partial charge >= 0.3 is 6.18 Å². The van der Waals surface area contributed by atoms with Gasteiger partial charge in [-0.15, -0.1) is 15.3 Å². The van der Waals surface area contributed by atoms with Crippen molar-refractivity contribution < 1.29 is 17.9 Å². The number of halogens is 4. The molecule has 0 saturated carbocycles. The maximum atomic E-state index is 13.5. The summed E-state index contributed by atoms with van der Waals surface area (Å²) < 4.78 is 48.1. The van der Waals surface area contributed by atoms with E-state index in [1.807, 2.05) is 0 Å². The molecule has 0 saturated heterocycles. The fourth-order valence-corrected chi connectivity index (χ4v) is 3.85. The molecule has 2 N–H and O–H groups in total. The van der Waals surface area contributed by atoms with Gasteiger partial charge in [0.1, 0.15) is 5.75 Å². The molecule has 2 aromatic carbocycles. The summed E-state index contributed by atoms with van der Waals surface area (Å²) in [5.41, 5.74) is -0.562. The highest BCUT2D eigenvalue weighted by Crippen LogP contribution is 2.36. The number of para-hydroxylation sites is 1. The van der Waals surface area contributed by atoms with E-state index in [1.165, 1.54) is 23.9 Å². The minimum atomic E-state index is -4.64. The first kappa shape index (κ1) is 21.9. The number of nitrogen functional groups attached to an aromatic ring is 1. The molecule has 0 amide bonds. The van der Waals surface area contributed by atoms with Crippen molar-refractivity contribution in [2.75, 3.05) is 13.0 Å². The van der Waals surface area contributed by atoms with E-state index in [9.17, 15) is 13.2 Å². The van der Waals surface area contributed by atoms with Gasteiger partial charge in [-0.2, -0.15) is 17.9 Å². The smallest absolute Gasteiger partial charge is 0.418 e. The lowest BCUT2D eigenvalue weighted by atomic mass is 10.1. The highest BCUT2D eigenvalue weighted by Gasteiger charge is 2.35. The first-order valence-electron chi connectivity index (χ1n) is 8.90. The molecule has 0 fully saturated rings. The van der Waals surface area contributed by atoms with Crippen molar-refractivity contribution in [3.05, 3.63) is 58.9 Å². The Balaban J connectivity index is 1.61. The zero-order valence-electron chi connectivity index (χ0n) is 16.3. The zero-order chi connectivity index (χ0) is 22.9.